The maximum atomic E-state index is 10.7. The number of amides is 1. The zero-order valence-corrected chi connectivity index (χ0v) is 11.0. The first-order valence-electron chi connectivity index (χ1n) is 6.47. The number of nitrogens with two attached hydrogens (primary N) is 1. The summed E-state index contributed by atoms with van der Waals surface area (Å²) in [6, 6.07) is 8.30. The number of carbonyl (C=O) groups is 1. The molecular formula is C14H18N4O. The Morgan fingerprint density at radius 2 is 2.05 bits per heavy atom. The van der Waals surface area contributed by atoms with Gasteiger partial charge in [0.05, 0.1) is 6.20 Å². The fourth-order valence-corrected chi connectivity index (χ4v) is 1.87. The molecule has 0 unspecified atom stereocenters. The lowest BCUT2D eigenvalue weighted by molar-refractivity contribution is -0.118. The predicted octanol–water partition coefficient (Wildman–Crippen LogP) is 1.77. The van der Waals surface area contributed by atoms with Crippen LogP contribution >= 0.6 is 0 Å². The molecule has 2 aromatic rings. The molecule has 2 N–H and O–H groups in total. The molecule has 0 saturated carbocycles. The first kappa shape index (κ1) is 13.3. The first-order chi connectivity index (χ1) is 9.19. The number of hydrogen-bond donors (Lipinski definition) is 1. The van der Waals surface area contributed by atoms with Gasteiger partial charge in [-0.3, -0.25) is 9.48 Å². The Balaban J connectivity index is 2.01. The van der Waals surface area contributed by atoms with Crippen LogP contribution in [0.1, 0.15) is 25.3 Å². The standard InChI is InChI=1S/C14H18N4O/c1-2-11-5-7-12(8-6-11)13-10-18(17-16-13)9-3-4-14(15)19/h5-8,10H,2-4,9H2,1H3,(H2,15,19). The van der Waals surface area contributed by atoms with E-state index in [9.17, 15) is 4.79 Å². The molecule has 1 aromatic heterocycles. The van der Waals surface area contributed by atoms with Crippen LogP contribution in [-0.2, 0) is 17.8 Å². The summed E-state index contributed by atoms with van der Waals surface area (Å²) in [6.45, 7) is 2.78. The van der Waals surface area contributed by atoms with Gasteiger partial charge >= 0.3 is 0 Å². The highest BCUT2D eigenvalue weighted by Gasteiger charge is 2.04. The number of rotatable bonds is 6. The molecule has 1 amide bonds. The summed E-state index contributed by atoms with van der Waals surface area (Å²) in [5, 5.41) is 8.18. The predicted molar refractivity (Wildman–Crippen MR) is 73.3 cm³/mol. The van der Waals surface area contributed by atoms with Gasteiger partial charge in [0.25, 0.3) is 0 Å². The lowest BCUT2D eigenvalue weighted by Gasteiger charge is -1.99. The first-order valence-corrected chi connectivity index (χ1v) is 6.47. The highest BCUT2D eigenvalue weighted by atomic mass is 16.1. The third kappa shape index (κ3) is 3.64. The monoisotopic (exact) mass is 258 g/mol. The van der Waals surface area contributed by atoms with Crippen molar-refractivity contribution in [2.24, 2.45) is 5.73 Å². The van der Waals surface area contributed by atoms with Crippen molar-refractivity contribution in [2.75, 3.05) is 0 Å². The Labute approximate surface area is 112 Å². The van der Waals surface area contributed by atoms with Crippen LogP contribution in [0, 0.1) is 0 Å². The molecule has 0 spiro atoms. The number of carbonyl (C=O) groups excluding carboxylic acids is 1. The van der Waals surface area contributed by atoms with Crippen molar-refractivity contribution in [3.63, 3.8) is 0 Å². The van der Waals surface area contributed by atoms with Gasteiger partial charge in [0.15, 0.2) is 0 Å². The highest BCUT2D eigenvalue weighted by Crippen LogP contribution is 2.17. The summed E-state index contributed by atoms with van der Waals surface area (Å²) >= 11 is 0. The van der Waals surface area contributed by atoms with Crippen LogP contribution in [0.25, 0.3) is 11.3 Å². The number of aryl methyl sites for hydroxylation is 2. The van der Waals surface area contributed by atoms with Gasteiger partial charge in [0.1, 0.15) is 5.69 Å². The van der Waals surface area contributed by atoms with Crippen LogP contribution in [0.5, 0.6) is 0 Å². The fourth-order valence-electron chi connectivity index (χ4n) is 1.87. The highest BCUT2D eigenvalue weighted by molar-refractivity contribution is 5.73. The Hall–Kier alpha value is -2.17. The molecule has 0 fully saturated rings. The number of hydrogen-bond acceptors (Lipinski definition) is 3. The van der Waals surface area contributed by atoms with Gasteiger partial charge in [-0.1, -0.05) is 36.4 Å². The number of nitrogens with zero attached hydrogens (tertiary/aromatic N) is 3. The third-order valence-electron chi connectivity index (χ3n) is 3.01. The molecule has 5 heteroatoms. The second-order valence-corrected chi connectivity index (χ2v) is 4.49. The summed E-state index contributed by atoms with van der Waals surface area (Å²) in [5.41, 5.74) is 8.30. The molecule has 0 aliphatic carbocycles. The lowest BCUT2D eigenvalue weighted by Crippen LogP contribution is -2.11. The molecule has 1 heterocycles. The third-order valence-corrected chi connectivity index (χ3v) is 3.01. The van der Waals surface area contributed by atoms with Crippen LogP contribution in [0.4, 0.5) is 0 Å². The summed E-state index contributed by atoms with van der Waals surface area (Å²) in [6.07, 6.45) is 3.98. The van der Waals surface area contributed by atoms with E-state index >= 15 is 0 Å². The van der Waals surface area contributed by atoms with Crippen LogP contribution in [0.2, 0.25) is 0 Å². The average molecular weight is 258 g/mol. The molecule has 0 aliphatic heterocycles. The lowest BCUT2D eigenvalue weighted by atomic mass is 10.1. The zero-order chi connectivity index (χ0) is 13.7. The maximum Gasteiger partial charge on any atom is 0.217 e. The van der Waals surface area contributed by atoms with Crippen molar-refractivity contribution in [1.29, 1.82) is 0 Å². The van der Waals surface area contributed by atoms with Crippen molar-refractivity contribution in [3.8, 4) is 11.3 Å². The van der Waals surface area contributed by atoms with E-state index in [1.807, 2.05) is 6.20 Å². The van der Waals surface area contributed by atoms with Crippen LogP contribution < -0.4 is 5.73 Å². The van der Waals surface area contributed by atoms with Crippen molar-refractivity contribution >= 4 is 5.91 Å². The molecule has 100 valence electrons. The van der Waals surface area contributed by atoms with Crippen LogP contribution in [0.3, 0.4) is 0 Å². The van der Waals surface area contributed by atoms with Gasteiger partial charge < -0.3 is 5.73 Å². The molecule has 0 atom stereocenters. The van der Waals surface area contributed by atoms with E-state index in [0.717, 1.165) is 17.7 Å². The van der Waals surface area contributed by atoms with E-state index in [4.69, 9.17) is 5.73 Å². The van der Waals surface area contributed by atoms with Crippen molar-refractivity contribution in [1.82, 2.24) is 15.0 Å². The van der Waals surface area contributed by atoms with Gasteiger partial charge in [0.2, 0.25) is 5.91 Å². The topological polar surface area (TPSA) is 73.8 Å². The zero-order valence-electron chi connectivity index (χ0n) is 11.0. The van der Waals surface area contributed by atoms with E-state index in [-0.39, 0.29) is 5.91 Å². The van der Waals surface area contributed by atoms with Crippen molar-refractivity contribution < 1.29 is 4.79 Å². The minimum absolute atomic E-state index is 0.282. The molecular weight excluding hydrogens is 240 g/mol. The Bertz CT molecular complexity index is 545. The molecule has 1 aromatic carbocycles. The maximum absolute atomic E-state index is 10.7. The van der Waals surface area contributed by atoms with Gasteiger partial charge in [0, 0.05) is 18.5 Å². The minimum Gasteiger partial charge on any atom is -0.370 e. The van der Waals surface area contributed by atoms with Gasteiger partial charge in [-0.25, -0.2) is 0 Å². The summed E-state index contributed by atoms with van der Waals surface area (Å²) < 4.78 is 1.74. The van der Waals surface area contributed by atoms with E-state index in [1.54, 1.807) is 4.68 Å². The second-order valence-electron chi connectivity index (χ2n) is 4.49. The number of benzene rings is 1. The number of primary amides is 1. The van der Waals surface area contributed by atoms with Gasteiger partial charge in [-0.2, -0.15) is 0 Å². The minimum atomic E-state index is -0.282. The van der Waals surface area contributed by atoms with E-state index in [2.05, 4.69) is 41.5 Å². The van der Waals surface area contributed by atoms with E-state index < -0.39 is 0 Å². The number of aromatic nitrogens is 3. The molecule has 2 rings (SSSR count). The molecule has 0 aliphatic rings. The van der Waals surface area contributed by atoms with Gasteiger partial charge in [-0.15, -0.1) is 5.10 Å². The smallest absolute Gasteiger partial charge is 0.217 e. The van der Waals surface area contributed by atoms with E-state index in [0.29, 0.717) is 19.4 Å². The molecule has 19 heavy (non-hydrogen) atoms. The van der Waals surface area contributed by atoms with Crippen molar-refractivity contribution in [2.45, 2.75) is 32.7 Å². The molecule has 0 radical (unpaired) electrons. The largest absolute Gasteiger partial charge is 0.370 e. The molecule has 0 bridgehead atoms. The summed E-state index contributed by atoms with van der Waals surface area (Å²) in [4.78, 5) is 10.7. The summed E-state index contributed by atoms with van der Waals surface area (Å²) in [7, 11) is 0. The fraction of sp³-hybridized carbons (Fsp3) is 0.357. The summed E-state index contributed by atoms with van der Waals surface area (Å²) in [5.74, 6) is -0.282. The van der Waals surface area contributed by atoms with Crippen LogP contribution in [0.15, 0.2) is 30.5 Å². The quantitative estimate of drug-likeness (QED) is 0.858. The average Bonchev–Trinajstić information content (AvgIpc) is 2.87. The van der Waals surface area contributed by atoms with E-state index in [1.165, 1.54) is 5.56 Å². The van der Waals surface area contributed by atoms with Crippen molar-refractivity contribution in [3.05, 3.63) is 36.0 Å². The second kappa shape index (κ2) is 6.13. The Morgan fingerprint density at radius 3 is 2.68 bits per heavy atom. The van der Waals surface area contributed by atoms with Crippen LogP contribution in [-0.4, -0.2) is 20.9 Å². The Kier molecular flexibility index (Phi) is 4.28. The Morgan fingerprint density at radius 1 is 1.32 bits per heavy atom. The normalized spacial score (nSPS) is 10.6. The SMILES string of the molecule is CCc1ccc(-c2cn(CCCC(N)=O)nn2)cc1. The molecule has 0 saturated heterocycles. The molecule has 5 nitrogen and oxygen atoms in total. The van der Waals surface area contributed by atoms with Gasteiger partial charge in [-0.05, 0) is 18.4 Å².